The molecule has 3 amide bonds. The molecule has 1 unspecified atom stereocenters. The van der Waals surface area contributed by atoms with E-state index in [1.807, 2.05) is 6.92 Å². The molecule has 2 fully saturated rings. The Kier molecular flexibility index (Phi) is 5.73. The number of nitro groups is 1. The first kappa shape index (κ1) is 19.3. The van der Waals surface area contributed by atoms with E-state index in [4.69, 9.17) is 4.74 Å². The lowest BCUT2D eigenvalue weighted by molar-refractivity contribution is -0.384. The maximum absolute atomic E-state index is 12.5. The van der Waals surface area contributed by atoms with Crippen molar-refractivity contribution in [2.24, 2.45) is 0 Å². The van der Waals surface area contributed by atoms with Crippen molar-refractivity contribution < 1.29 is 19.2 Å². The van der Waals surface area contributed by atoms with E-state index in [9.17, 15) is 19.7 Å². The highest BCUT2D eigenvalue weighted by atomic mass is 32.1. The highest BCUT2D eigenvalue weighted by Crippen LogP contribution is 2.25. The molecule has 0 radical (unpaired) electrons. The van der Waals surface area contributed by atoms with E-state index < -0.39 is 11.0 Å². The van der Waals surface area contributed by atoms with E-state index in [1.165, 1.54) is 12.1 Å². The average molecular weight is 394 g/mol. The van der Waals surface area contributed by atoms with Crippen LogP contribution in [-0.4, -0.2) is 63.8 Å². The zero-order valence-corrected chi connectivity index (χ0v) is 15.8. The molecule has 2 aliphatic rings. The third-order valence-corrected chi connectivity index (χ3v) is 5.09. The number of benzene rings is 1. The number of nitrogens with one attached hydrogen (secondary N) is 1. The van der Waals surface area contributed by atoms with Crippen LogP contribution in [0.5, 0.6) is 0 Å². The maximum atomic E-state index is 12.5. The first-order chi connectivity index (χ1) is 12.8. The summed E-state index contributed by atoms with van der Waals surface area (Å²) in [6.07, 6.45) is 0.219. The van der Waals surface area contributed by atoms with Gasteiger partial charge in [0.25, 0.3) is 5.69 Å². The quantitative estimate of drug-likeness (QED) is 0.452. The molecule has 9 nitrogen and oxygen atoms in total. The SMILES string of the molecule is CC1CN(C[C@@H]2C[C@H](S)CN2C(=O)OCc2ccc([N+](=O)[O-])cc2)C(=O)N1. The number of thiol groups is 1. The minimum atomic E-state index is -0.479. The number of urea groups is 1. The van der Waals surface area contributed by atoms with Gasteiger partial charge in [-0.2, -0.15) is 12.6 Å². The fraction of sp³-hybridized carbons (Fsp3) is 0.529. The lowest BCUT2D eigenvalue weighted by Crippen LogP contribution is -2.44. The molecular weight excluding hydrogens is 372 g/mol. The first-order valence-corrected chi connectivity index (χ1v) is 9.25. The maximum Gasteiger partial charge on any atom is 0.410 e. The van der Waals surface area contributed by atoms with E-state index in [1.54, 1.807) is 21.9 Å². The number of hydrogen-bond donors (Lipinski definition) is 2. The number of amides is 3. The third-order valence-electron chi connectivity index (χ3n) is 4.72. The summed E-state index contributed by atoms with van der Waals surface area (Å²) in [6, 6.07) is 5.69. The van der Waals surface area contributed by atoms with Gasteiger partial charge in [-0.25, -0.2) is 9.59 Å². The summed E-state index contributed by atoms with van der Waals surface area (Å²) in [6.45, 7) is 3.47. The highest BCUT2D eigenvalue weighted by Gasteiger charge is 2.38. The second kappa shape index (κ2) is 8.03. The van der Waals surface area contributed by atoms with Crippen molar-refractivity contribution in [1.29, 1.82) is 0 Å². The van der Waals surface area contributed by atoms with Crippen LogP contribution in [-0.2, 0) is 11.3 Å². The van der Waals surface area contributed by atoms with Gasteiger partial charge in [0.15, 0.2) is 0 Å². The normalized spacial score (nSPS) is 24.8. The number of likely N-dealkylation sites (tertiary alicyclic amines) is 1. The molecule has 0 aliphatic carbocycles. The van der Waals surface area contributed by atoms with Crippen molar-refractivity contribution in [3.8, 4) is 0 Å². The van der Waals surface area contributed by atoms with Crippen LogP contribution in [0.2, 0.25) is 0 Å². The van der Waals surface area contributed by atoms with Crippen molar-refractivity contribution in [1.82, 2.24) is 15.1 Å². The molecule has 0 spiro atoms. The fourth-order valence-electron chi connectivity index (χ4n) is 3.40. The Morgan fingerprint density at radius 1 is 1.37 bits per heavy atom. The molecule has 27 heavy (non-hydrogen) atoms. The monoisotopic (exact) mass is 394 g/mol. The second-order valence-corrected chi connectivity index (χ2v) is 7.66. The summed E-state index contributed by atoms with van der Waals surface area (Å²) in [5, 5.41) is 13.6. The predicted octanol–water partition coefficient (Wildman–Crippen LogP) is 2.02. The van der Waals surface area contributed by atoms with Gasteiger partial charge in [-0.1, -0.05) is 0 Å². The first-order valence-electron chi connectivity index (χ1n) is 8.73. The Bertz CT molecular complexity index is 729. The van der Waals surface area contributed by atoms with Crippen LogP contribution in [0.15, 0.2) is 24.3 Å². The highest BCUT2D eigenvalue weighted by molar-refractivity contribution is 7.81. The van der Waals surface area contributed by atoms with Crippen LogP contribution in [0.3, 0.4) is 0 Å². The van der Waals surface area contributed by atoms with E-state index in [2.05, 4.69) is 17.9 Å². The summed E-state index contributed by atoms with van der Waals surface area (Å²) in [5.41, 5.74) is 0.653. The predicted molar refractivity (Wildman–Crippen MR) is 101 cm³/mol. The van der Waals surface area contributed by atoms with Crippen LogP contribution < -0.4 is 5.32 Å². The van der Waals surface area contributed by atoms with Crippen LogP contribution in [0.4, 0.5) is 15.3 Å². The largest absolute Gasteiger partial charge is 0.445 e. The number of ether oxygens (including phenoxy) is 1. The molecule has 2 saturated heterocycles. The smallest absolute Gasteiger partial charge is 0.410 e. The molecule has 146 valence electrons. The summed E-state index contributed by atoms with van der Waals surface area (Å²) in [4.78, 5) is 38.0. The van der Waals surface area contributed by atoms with Crippen molar-refractivity contribution >= 4 is 30.4 Å². The van der Waals surface area contributed by atoms with Gasteiger partial charge in [-0.05, 0) is 31.0 Å². The van der Waals surface area contributed by atoms with Gasteiger partial charge >= 0.3 is 12.1 Å². The van der Waals surface area contributed by atoms with Gasteiger partial charge in [0.05, 0.1) is 11.0 Å². The number of rotatable bonds is 5. The Morgan fingerprint density at radius 2 is 2.07 bits per heavy atom. The topological polar surface area (TPSA) is 105 Å². The van der Waals surface area contributed by atoms with Gasteiger partial charge in [0.1, 0.15) is 6.61 Å². The van der Waals surface area contributed by atoms with Crippen LogP contribution in [0, 0.1) is 10.1 Å². The van der Waals surface area contributed by atoms with Gasteiger partial charge in [-0.3, -0.25) is 10.1 Å². The number of nitro benzene ring substituents is 1. The number of nitrogens with zero attached hydrogens (tertiary/aromatic N) is 3. The zero-order valence-electron chi connectivity index (χ0n) is 14.9. The van der Waals surface area contributed by atoms with E-state index in [0.717, 1.165) is 0 Å². The minimum Gasteiger partial charge on any atom is -0.445 e. The molecule has 0 aromatic heterocycles. The van der Waals surface area contributed by atoms with E-state index in [0.29, 0.717) is 31.6 Å². The molecular formula is C17H22N4O5S. The minimum absolute atomic E-state index is 0.0132. The Morgan fingerprint density at radius 3 is 2.67 bits per heavy atom. The summed E-state index contributed by atoms with van der Waals surface area (Å²) in [7, 11) is 0. The molecule has 2 heterocycles. The summed E-state index contributed by atoms with van der Waals surface area (Å²) >= 11 is 4.48. The Balaban J connectivity index is 1.57. The molecule has 10 heteroatoms. The molecule has 1 N–H and O–H groups in total. The van der Waals surface area contributed by atoms with Crippen LogP contribution in [0.1, 0.15) is 18.9 Å². The number of non-ortho nitro benzene ring substituents is 1. The molecule has 1 aromatic rings. The van der Waals surface area contributed by atoms with Gasteiger partial charge < -0.3 is 19.9 Å². The van der Waals surface area contributed by atoms with Gasteiger partial charge in [0, 0.05) is 43.1 Å². The molecule has 2 aliphatic heterocycles. The third kappa shape index (κ3) is 4.62. The molecule has 1 aromatic carbocycles. The van der Waals surface area contributed by atoms with Crippen molar-refractivity contribution in [2.45, 2.75) is 37.3 Å². The van der Waals surface area contributed by atoms with Crippen LogP contribution in [0.25, 0.3) is 0 Å². The zero-order chi connectivity index (χ0) is 19.6. The standard InChI is InChI=1S/C17H22N4O5S/c1-11-7-19(16(22)18-11)8-14-6-15(27)9-20(14)17(23)26-10-12-2-4-13(5-3-12)21(24)25/h2-5,11,14-15,27H,6-10H2,1H3,(H,18,22)/t11?,14-,15-/m0/s1. The average Bonchev–Trinajstić information content (AvgIpc) is 3.14. The second-order valence-electron chi connectivity index (χ2n) is 6.93. The number of hydrogen-bond acceptors (Lipinski definition) is 6. The molecule has 3 atom stereocenters. The molecule has 0 saturated carbocycles. The molecule has 3 rings (SSSR count). The lowest BCUT2D eigenvalue weighted by atomic mass is 10.2. The van der Waals surface area contributed by atoms with Gasteiger partial charge in [-0.15, -0.1) is 0 Å². The van der Waals surface area contributed by atoms with Crippen molar-refractivity contribution in [3.05, 3.63) is 39.9 Å². The number of carbonyl (C=O) groups is 2. The summed E-state index contributed by atoms with van der Waals surface area (Å²) < 4.78 is 5.37. The fourth-order valence-corrected chi connectivity index (χ4v) is 3.82. The summed E-state index contributed by atoms with van der Waals surface area (Å²) in [5.74, 6) is 0. The Labute approximate surface area is 162 Å². The van der Waals surface area contributed by atoms with E-state index >= 15 is 0 Å². The van der Waals surface area contributed by atoms with E-state index in [-0.39, 0.29) is 35.7 Å². The van der Waals surface area contributed by atoms with Crippen LogP contribution >= 0.6 is 12.6 Å². The number of carbonyl (C=O) groups excluding carboxylic acids is 2. The van der Waals surface area contributed by atoms with Gasteiger partial charge in [0.2, 0.25) is 0 Å². The van der Waals surface area contributed by atoms with Crippen molar-refractivity contribution in [2.75, 3.05) is 19.6 Å². The van der Waals surface area contributed by atoms with Crippen molar-refractivity contribution in [3.63, 3.8) is 0 Å². The Hall–Kier alpha value is -2.49. The molecule has 0 bridgehead atoms. The lowest BCUT2D eigenvalue weighted by Gasteiger charge is -2.27.